The van der Waals surface area contributed by atoms with E-state index in [1.807, 2.05) is 6.07 Å². The van der Waals surface area contributed by atoms with Crippen LogP contribution < -0.4 is 5.73 Å². The molecule has 1 aromatic rings. The lowest BCUT2D eigenvalue weighted by atomic mass is 9.95. The molecule has 1 saturated heterocycles. The van der Waals surface area contributed by atoms with Gasteiger partial charge in [0.2, 0.25) is 0 Å². The third kappa shape index (κ3) is 3.50. The minimum Gasteiger partial charge on any atom is -0.381 e. The molecule has 17 heavy (non-hydrogen) atoms. The molecule has 2 unspecified atom stereocenters. The van der Waals surface area contributed by atoms with Gasteiger partial charge in [0, 0.05) is 19.3 Å². The topological polar surface area (TPSA) is 35.2 Å². The summed E-state index contributed by atoms with van der Waals surface area (Å²) in [6, 6.07) is 5.16. The van der Waals surface area contributed by atoms with E-state index in [-0.39, 0.29) is 11.9 Å². The highest BCUT2D eigenvalue weighted by Crippen LogP contribution is 2.24. The third-order valence-corrected chi connectivity index (χ3v) is 4.06. The molecule has 1 fully saturated rings. The van der Waals surface area contributed by atoms with Gasteiger partial charge in [-0.05, 0) is 52.7 Å². The van der Waals surface area contributed by atoms with Gasteiger partial charge in [-0.1, -0.05) is 12.1 Å². The largest absolute Gasteiger partial charge is 0.381 e. The fourth-order valence-electron chi connectivity index (χ4n) is 2.27. The van der Waals surface area contributed by atoms with Gasteiger partial charge in [-0.15, -0.1) is 0 Å². The average Bonchev–Trinajstić information content (AvgIpc) is 2.77. The highest BCUT2D eigenvalue weighted by atomic mass is 79.9. The quantitative estimate of drug-likeness (QED) is 0.928. The van der Waals surface area contributed by atoms with E-state index in [1.165, 1.54) is 6.07 Å². The van der Waals surface area contributed by atoms with E-state index in [9.17, 15) is 4.39 Å². The summed E-state index contributed by atoms with van der Waals surface area (Å²) >= 11 is 3.27. The summed E-state index contributed by atoms with van der Waals surface area (Å²) in [5, 5.41) is 0. The molecule has 0 aliphatic carbocycles. The molecule has 1 aromatic carbocycles. The van der Waals surface area contributed by atoms with E-state index >= 15 is 0 Å². The van der Waals surface area contributed by atoms with E-state index in [0.29, 0.717) is 16.8 Å². The molecule has 0 aromatic heterocycles. The second-order valence-corrected chi connectivity index (χ2v) is 5.44. The second-order valence-electron chi connectivity index (χ2n) is 4.64. The van der Waals surface area contributed by atoms with Gasteiger partial charge < -0.3 is 10.5 Å². The van der Waals surface area contributed by atoms with Crippen LogP contribution in [0.1, 0.15) is 18.4 Å². The summed E-state index contributed by atoms with van der Waals surface area (Å²) in [6.45, 7) is 1.67. The molecular weight excluding hydrogens is 285 g/mol. The van der Waals surface area contributed by atoms with Crippen LogP contribution in [-0.2, 0) is 11.2 Å². The molecule has 1 aliphatic rings. The van der Waals surface area contributed by atoms with Crippen molar-refractivity contribution in [2.75, 3.05) is 13.2 Å². The van der Waals surface area contributed by atoms with E-state index in [0.717, 1.165) is 31.6 Å². The zero-order valence-electron chi connectivity index (χ0n) is 9.66. The Morgan fingerprint density at radius 2 is 2.35 bits per heavy atom. The van der Waals surface area contributed by atoms with Crippen LogP contribution in [0.25, 0.3) is 0 Å². The summed E-state index contributed by atoms with van der Waals surface area (Å²) in [6.07, 6.45) is 2.75. The standard InChI is InChI=1S/C13H17BrFNO/c14-13-10(2-1-3-12(13)15)7-11(16)6-9-4-5-17-8-9/h1-3,9,11H,4-8,16H2. The maximum absolute atomic E-state index is 13.3. The maximum atomic E-state index is 13.3. The Bertz CT molecular complexity index is 380. The minimum atomic E-state index is -0.223. The van der Waals surface area contributed by atoms with Crippen LogP contribution in [0.2, 0.25) is 0 Å². The Morgan fingerprint density at radius 3 is 3.06 bits per heavy atom. The molecule has 2 atom stereocenters. The van der Waals surface area contributed by atoms with Crippen LogP contribution in [0, 0.1) is 11.7 Å². The molecule has 0 spiro atoms. The maximum Gasteiger partial charge on any atom is 0.137 e. The van der Waals surface area contributed by atoms with Crippen molar-refractivity contribution in [3.05, 3.63) is 34.1 Å². The van der Waals surface area contributed by atoms with Crippen LogP contribution in [0.15, 0.2) is 22.7 Å². The smallest absolute Gasteiger partial charge is 0.137 e. The molecule has 0 bridgehead atoms. The van der Waals surface area contributed by atoms with E-state index in [4.69, 9.17) is 10.5 Å². The Hall–Kier alpha value is -0.450. The number of hydrogen-bond acceptors (Lipinski definition) is 2. The van der Waals surface area contributed by atoms with Crippen molar-refractivity contribution >= 4 is 15.9 Å². The molecule has 94 valence electrons. The Labute approximate surface area is 109 Å². The molecule has 1 aliphatic heterocycles. The average molecular weight is 302 g/mol. The van der Waals surface area contributed by atoms with Gasteiger partial charge in [-0.25, -0.2) is 4.39 Å². The normalized spacial score (nSPS) is 21.7. The molecule has 2 nitrogen and oxygen atoms in total. The number of benzene rings is 1. The predicted molar refractivity (Wildman–Crippen MR) is 69.3 cm³/mol. The first kappa shape index (κ1) is 13.0. The van der Waals surface area contributed by atoms with Crippen molar-refractivity contribution in [2.45, 2.75) is 25.3 Å². The summed E-state index contributed by atoms with van der Waals surface area (Å²) in [4.78, 5) is 0. The van der Waals surface area contributed by atoms with E-state index < -0.39 is 0 Å². The van der Waals surface area contributed by atoms with Gasteiger partial charge in [-0.3, -0.25) is 0 Å². The zero-order valence-corrected chi connectivity index (χ0v) is 11.2. The summed E-state index contributed by atoms with van der Waals surface area (Å²) in [5.41, 5.74) is 7.05. The Balaban J connectivity index is 1.93. The lowest BCUT2D eigenvalue weighted by Gasteiger charge is -2.16. The van der Waals surface area contributed by atoms with Crippen molar-refractivity contribution < 1.29 is 9.13 Å². The number of halogens is 2. The van der Waals surface area contributed by atoms with Gasteiger partial charge in [-0.2, -0.15) is 0 Å². The van der Waals surface area contributed by atoms with Crippen LogP contribution >= 0.6 is 15.9 Å². The highest BCUT2D eigenvalue weighted by Gasteiger charge is 2.19. The molecule has 1 heterocycles. The number of rotatable bonds is 4. The van der Waals surface area contributed by atoms with E-state index in [1.54, 1.807) is 6.07 Å². The van der Waals surface area contributed by atoms with Crippen LogP contribution in [0.5, 0.6) is 0 Å². The third-order valence-electron chi connectivity index (χ3n) is 3.17. The molecular formula is C13H17BrFNO. The van der Waals surface area contributed by atoms with Crippen LogP contribution in [0.4, 0.5) is 4.39 Å². The van der Waals surface area contributed by atoms with Crippen molar-refractivity contribution in [3.8, 4) is 0 Å². The van der Waals surface area contributed by atoms with Crippen molar-refractivity contribution in [2.24, 2.45) is 11.7 Å². The Morgan fingerprint density at radius 1 is 1.53 bits per heavy atom. The van der Waals surface area contributed by atoms with Gasteiger partial charge in [0.15, 0.2) is 0 Å². The number of nitrogens with two attached hydrogens (primary N) is 1. The van der Waals surface area contributed by atoms with Crippen LogP contribution in [0.3, 0.4) is 0 Å². The molecule has 2 rings (SSSR count). The monoisotopic (exact) mass is 301 g/mol. The first-order valence-corrected chi connectivity index (χ1v) is 6.72. The van der Waals surface area contributed by atoms with Crippen LogP contribution in [-0.4, -0.2) is 19.3 Å². The van der Waals surface area contributed by atoms with Gasteiger partial charge in [0.05, 0.1) is 4.47 Å². The first-order chi connectivity index (χ1) is 8.16. The lowest BCUT2D eigenvalue weighted by Crippen LogP contribution is -2.26. The molecule has 0 radical (unpaired) electrons. The predicted octanol–water partition coefficient (Wildman–Crippen LogP) is 2.88. The van der Waals surface area contributed by atoms with E-state index in [2.05, 4.69) is 15.9 Å². The SMILES string of the molecule is NC(Cc1cccc(F)c1Br)CC1CCOC1. The molecule has 0 saturated carbocycles. The fourth-order valence-corrected chi connectivity index (χ4v) is 2.70. The summed E-state index contributed by atoms with van der Waals surface area (Å²) < 4.78 is 19.2. The summed E-state index contributed by atoms with van der Waals surface area (Å²) in [5.74, 6) is 0.344. The first-order valence-electron chi connectivity index (χ1n) is 5.93. The van der Waals surface area contributed by atoms with Gasteiger partial charge >= 0.3 is 0 Å². The fraction of sp³-hybridized carbons (Fsp3) is 0.538. The lowest BCUT2D eigenvalue weighted by molar-refractivity contribution is 0.182. The van der Waals surface area contributed by atoms with Gasteiger partial charge in [0.1, 0.15) is 5.82 Å². The number of hydrogen-bond donors (Lipinski definition) is 1. The molecule has 4 heteroatoms. The Kier molecular flexibility index (Phi) is 4.54. The zero-order chi connectivity index (χ0) is 12.3. The minimum absolute atomic E-state index is 0.0693. The van der Waals surface area contributed by atoms with Crippen molar-refractivity contribution in [1.29, 1.82) is 0 Å². The summed E-state index contributed by atoms with van der Waals surface area (Å²) in [7, 11) is 0. The van der Waals surface area contributed by atoms with Crippen molar-refractivity contribution in [1.82, 2.24) is 0 Å². The molecule has 2 N–H and O–H groups in total. The van der Waals surface area contributed by atoms with Crippen molar-refractivity contribution in [3.63, 3.8) is 0 Å². The second kappa shape index (κ2) is 5.94. The molecule has 0 amide bonds. The van der Waals surface area contributed by atoms with Gasteiger partial charge in [0.25, 0.3) is 0 Å². The highest BCUT2D eigenvalue weighted by molar-refractivity contribution is 9.10. The number of ether oxygens (including phenoxy) is 1.